The first-order valence-corrected chi connectivity index (χ1v) is 8.51. The van der Waals surface area contributed by atoms with Crippen molar-refractivity contribution in [1.29, 1.82) is 0 Å². The van der Waals surface area contributed by atoms with Gasteiger partial charge in [0, 0.05) is 31.9 Å². The molecule has 0 bridgehead atoms. The Kier molecular flexibility index (Phi) is 5.03. The van der Waals surface area contributed by atoms with Gasteiger partial charge >= 0.3 is 0 Å². The van der Waals surface area contributed by atoms with E-state index in [4.69, 9.17) is 5.73 Å². The highest BCUT2D eigenvalue weighted by Crippen LogP contribution is 2.15. The Balaban J connectivity index is 1.56. The van der Waals surface area contributed by atoms with Crippen LogP contribution in [0.1, 0.15) is 21.5 Å². The first kappa shape index (κ1) is 17.0. The van der Waals surface area contributed by atoms with Crippen LogP contribution in [0.25, 0.3) is 0 Å². The minimum atomic E-state index is -0.0660. The number of para-hydroxylation sites is 1. The SMILES string of the molecule is Cc1ccc(CC(=O)N2CCN(C(=O)c3ccccc3N)CC2)cc1. The molecule has 0 spiro atoms. The molecular weight excluding hydrogens is 314 g/mol. The number of nitrogens with two attached hydrogens (primary N) is 1. The number of piperazine rings is 1. The molecular formula is C20H23N3O2. The van der Waals surface area contributed by atoms with Gasteiger partial charge in [0.2, 0.25) is 5.91 Å². The summed E-state index contributed by atoms with van der Waals surface area (Å²) in [5.74, 6) is 0.0407. The second-order valence-electron chi connectivity index (χ2n) is 6.42. The molecule has 2 aromatic rings. The number of nitrogen functional groups attached to an aromatic ring is 1. The van der Waals surface area contributed by atoms with Gasteiger partial charge in [0.05, 0.1) is 12.0 Å². The van der Waals surface area contributed by atoms with E-state index in [9.17, 15) is 9.59 Å². The van der Waals surface area contributed by atoms with E-state index in [0.717, 1.165) is 5.56 Å². The minimum absolute atomic E-state index is 0.0660. The number of carbonyl (C=O) groups excluding carboxylic acids is 2. The summed E-state index contributed by atoms with van der Waals surface area (Å²) in [7, 11) is 0. The molecule has 0 radical (unpaired) electrons. The van der Waals surface area contributed by atoms with Gasteiger partial charge in [-0.3, -0.25) is 9.59 Å². The van der Waals surface area contributed by atoms with E-state index < -0.39 is 0 Å². The predicted octanol–water partition coefficient (Wildman–Crippen LogP) is 2.10. The molecule has 1 fully saturated rings. The Bertz CT molecular complexity index is 763. The quantitative estimate of drug-likeness (QED) is 0.872. The number of amides is 2. The van der Waals surface area contributed by atoms with Crippen molar-refractivity contribution < 1.29 is 9.59 Å². The zero-order valence-electron chi connectivity index (χ0n) is 14.4. The van der Waals surface area contributed by atoms with Crippen LogP contribution in [-0.2, 0) is 11.2 Å². The third-order valence-electron chi connectivity index (χ3n) is 4.59. The number of nitrogens with zero attached hydrogens (tertiary/aromatic N) is 2. The Morgan fingerprint density at radius 1 is 0.920 bits per heavy atom. The second-order valence-corrected chi connectivity index (χ2v) is 6.42. The number of rotatable bonds is 3. The molecule has 0 unspecified atom stereocenters. The molecule has 5 heteroatoms. The van der Waals surface area contributed by atoms with Gasteiger partial charge in [-0.25, -0.2) is 0 Å². The number of hydrogen-bond acceptors (Lipinski definition) is 3. The van der Waals surface area contributed by atoms with E-state index in [1.807, 2.05) is 48.2 Å². The van der Waals surface area contributed by atoms with E-state index in [1.54, 1.807) is 17.0 Å². The average Bonchev–Trinajstić information content (AvgIpc) is 2.63. The summed E-state index contributed by atoms with van der Waals surface area (Å²) in [6.07, 6.45) is 0.403. The summed E-state index contributed by atoms with van der Waals surface area (Å²) in [6.45, 7) is 4.22. The maximum Gasteiger partial charge on any atom is 0.256 e. The van der Waals surface area contributed by atoms with Gasteiger partial charge in [0.25, 0.3) is 5.91 Å². The Labute approximate surface area is 148 Å². The Morgan fingerprint density at radius 2 is 1.52 bits per heavy atom. The van der Waals surface area contributed by atoms with Crippen molar-refractivity contribution in [3.63, 3.8) is 0 Å². The zero-order valence-corrected chi connectivity index (χ0v) is 14.4. The van der Waals surface area contributed by atoms with Crippen molar-refractivity contribution >= 4 is 17.5 Å². The molecule has 0 atom stereocenters. The number of hydrogen-bond donors (Lipinski definition) is 1. The van der Waals surface area contributed by atoms with Crippen molar-refractivity contribution in [2.45, 2.75) is 13.3 Å². The van der Waals surface area contributed by atoms with Gasteiger partial charge in [-0.05, 0) is 24.6 Å². The molecule has 2 N–H and O–H groups in total. The highest BCUT2D eigenvalue weighted by molar-refractivity contribution is 5.99. The van der Waals surface area contributed by atoms with E-state index in [1.165, 1.54) is 5.56 Å². The summed E-state index contributed by atoms with van der Waals surface area (Å²) in [5, 5.41) is 0. The number of anilines is 1. The van der Waals surface area contributed by atoms with Crippen molar-refractivity contribution in [2.24, 2.45) is 0 Å². The molecule has 5 nitrogen and oxygen atoms in total. The van der Waals surface area contributed by atoms with Crippen LogP contribution in [0, 0.1) is 6.92 Å². The molecule has 1 heterocycles. The minimum Gasteiger partial charge on any atom is -0.398 e. The standard InChI is InChI=1S/C20H23N3O2/c1-15-6-8-16(9-7-15)14-19(24)22-10-12-23(13-11-22)20(25)17-4-2-3-5-18(17)21/h2-9H,10-14,21H2,1H3. The number of aryl methyl sites for hydroxylation is 1. The van der Waals surface area contributed by atoms with Crippen LogP contribution >= 0.6 is 0 Å². The molecule has 2 amide bonds. The zero-order chi connectivity index (χ0) is 17.8. The fourth-order valence-corrected chi connectivity index (χ4v) is 3.01. The van der Waals surface area contributed by atoms with E-state index in [0.29, 0.717) is 43.9 Å². The highest BCUT2D eigenvalue weighted by Gasteiger charge is 2.25. The fourth-order valence-electron chi connectivity index (χ4n) is 3.01. The fraction of sp³-hybridized carbons (Fsp3) is 0.300. The second kappa shape index (κ2) is 7.38. The summed E-state index contributed by atoms with van der Waals surface area (Å²) in [6, 6.07) is 15.1. The summed E-state index contributed by atoms with van der Waals surface area (Å²) >= 11 is 0. The lowest BCUT2D eigenvalue weighted by Crippen LogP contribution is -2.51. The van der Waals surface area contributed by atoms with E-state index >= 15 is 0 Å². The van der Waals surface area contributed by atoms with Crippen molar-refractivity contribution in [3.8, 4) is 0 Å². The lowest BCUT2D eigenvalue weighted by atomic mass is 10.1. The molecule has 2 aromatic carbocycles. The number of carbonyl (C=O) groups is 2. The van der Waals surface area contributed by atoms with Gasteiger partial charge < -0.3 is 15.5 Å². The van der Waals surface area contributed by atoms with Crippen molar-refractivity contribution in [3.05, 3.63) is 65.2 Å². The lowest BCUT2D eigenvalue weighted by molar-refractivity contribution is -0.131. The van der Waals surface area contributed by atoms with Gasteiger partial charge in [-0.2, -0.15) is 0 Å². The first-order chi connectivity index (χ1) is 12.0. The Morgan fingerprint density at radius 3 is 2.16 bits per heavy atom. The molecule has 0 aliphatic carbocycles. The van der Waals surface area contributed by atoms with Crippen LogP contribution in [0.3, 0.4) is 0 Å². The summed E-state index contributed by atoms with van der Waals surface area (Å²) < 4.78 is 0. The lowest BCUT2D eigenvalue weighted by Gasteiger charge is -2.35. The van der Waals surface area contributed by atoms with Gasteiger partial charge in [0.1, 0.15) is 0 Å². The highest BCUT2D eigenvalue weighted by atomic mass is 16.2. The van der Waals surface area contributed by atoms with Crippen molar-refractivity contribution in [1.82, 2.24) is 9.80 Å². The van der Waals surface area contributed by atoms with Crippen LogP contribution in [-0.4, -0.2) is 47.8 Å². The molecule has 0 saturated carbocycles. The van der Waals surface area contributed by atoms with Gasteiger partial charge in [0.15, 0.2) is 0 Å². The summed E-state index contributed by atoms with van der Waals surface area (Å²) in [5.41, 5.74) is 9.11. The smallest absolute Gasteiger partial charge is 0.256 e. The first-order valence-electron chi connectivity index (χ1n) is 8.51. The van der Waals surface area contributed by atoms with E-state index in [2.05, 4.69) is 0 Å². The van der Waals surface area contributed by atoms with Crippen LogP contribution < -0.4 is 5.73 Å². The Hall–Kier alpha value is -2.82. The summed E-state index contributed by atoms with van der Waals surface area (Å²) in [4.78, 5) is 28.6. The van der Waals surface area contributed by atoms with Crippen LogP contribution in [0.15, 0.2) is 48.5 Å². The number of benzene rings is 2. The molecule has 25 heavy (non-hydrogen) atoms. The van der Waals surface area contributed by atoms with Crippen molar-refractivity contribution in [2.75, 3.05) is 31.9 Å². The maximum absolute atomic E-state index is 12.6. The molecule has 130 valence electrons. The topological polar surface area (TPSA) is 66.6 Å². The molecule has 1 aliphatic heterocycles. The van der Waals surface area contributed by atoms with Crippen LogP contribution in [0.5, 0.6) is 0 Å². The maximum atomic E-state index is 12.6. The monoisotopic (exact) mass is 337 g/mol. The largest absolute Gasteiger partial charge is 0.398 e. The third-order valence-corrected chi connectivity index (χ3v) is 4.59. The van der Waals surface area contributed by atoms with E-state index in [-0.39, 0.29) is 11.8 Å². The third kappa shape index (κ3) is 3.99. The van der Waals surface area contributed by atoms with Gasteiger partial charge in [-0.1, -0.05) is 42.0 Å². The normalized spacial score (nSPS) is 14.4. The molecule has 0 aromatic heterocycles. The molecule has 1 saturated heterocycles. The molecule has 1 aliphatic rings. The van der Waals surface area contributed by atoms with Crippen LogP contribution in [0.2, 0.25) is 0 Å². The molecule has 3 rings (SSSR count). The van der Waals surface area contributed by atoms with Crippen LogP contribution in [0.4, 0.5) is 5.69 Å². The average molecular weight is 337 g/mol. The van der Waals surface area contributed by atoms with Gasteiger partial charge in [-0.15, -0.1) is 0 Å². The predicted molar refractivity (Wildman–Crippen MR) is 98.2 cm³/mol.